The zero-order valence-corrected chi connectivity index (χ0v) is 5.84. The van der Waals surface area contributed by atoms with Crippen molar-refractivity contribution in [3.8, 4) is 17.6 Å². The van der Waals surface area contributed by atoms with E-state index in [9.17, 15) is 4.39 Å². The van der Waals surface area contributed by atoms with E-state index >= 15 is 0 Å². The molecule has 0 fully saturated rings. The molecule has 0 amide bonds. The summed E-state index contributed by atoms with van der Waals surface area (Å²) in [5, 5.41) is 8.86. The second-order valence-electron chi connectivity index (χ2n) is 1.98. The summed E-state index contributed by atoms with van der Waals surface area (Å²) in [5.41, 5.74) is 0.709. The lowest BCUT2D eigenvalue weighted by molar-refractivity contribution is 0.475. The molecule has 2 heteroatoms. The molecule has 0 atom stereocenters. The van der Waals surface area contributed by atoms with Crippen molar-refractivity contribution in [2.24, 2.45) is 0 Å². The highest BCUT2D eigenvalue weighted by molar-refractivity contribution is 5.37. The third kappa shape index (κ3) is 2.30. The van der Waals surface area contributed by atoms with E-state index in [4.69, 9.17) is 5.11 Å². The lowest BCUT2D eigenvalue weighted by Crippen LogP contribution is -1.72. The normalized spacial score (nSPS) is 8.45. The molecule has 0 spiro atoms. The molecule has 0 saturated heterocycles. The standard InChI is InChI=1S/C9H7FO/c10-7-1-2-8-3-5-9(11)6-4-8/h3-6,11H,7H2. The zero-order valence-electron chi connectivity index (χ0n) is 5.84. The SMILES string of the molecule is Oc1ccc(C#CCF)cc1. The molecule has 1 rings (SSSR count). The van der Waals surface area contributed by atoms with Gasteiger partial charge in [0.2, 0.25) is 0 Å². The highest BCUT2D eigenvalue weighted by Crippen LogP contribution is 2.07. The fourth-order valence-corrected chi connectivity index (χ4v) is 0.680. The molecule has 1 aromatic rings. The molecule has 0 unspecified atom stereocenters. The number of alkyl halides is 1. The number of hydrogen-bond donors (Lipinski definition) is 1. The molecule has 1 N–H and O–H groups in total. The Balaban J connectivity index is 2.82. The molecule has 0 aliphatic carbocycles. The van der Waals surface area contributed by atoms with Crippen molar-refractivity contribution in [1.82, 2.24) is 0 Å². The predicted molar refractivity (Wildman–Crippen MR) is 41.0 cm³/mol. The maximum Gasteiger partial charge on any atom is 0.150 e. The minimum Gasteiger partial charge on any atom is -0.508 e. The van der Waals surface area contributed by atoms with E-state index in [2.05, 4.69) is 11.8 Å². The highest BCUT2D eigenvalue weighted by Gasteiger charge is 1.86. The third-order valence-corrected chi connectivity index (χ3v) is 1.17. The third-order valence-electron chi connectivity index (χ3n) is 1.17. The van der Waals surface area contributed by atoms with Crippen LogP contribution < -0.4 is 0 Å². The van der Waals surface area contributed by atoms with Gasteiger partial charge >= 0.3 is 0 Å². The molecule has 0 bridgehead atoms. The summed E-state index contributed by atoms with van der Waals surface area (Å²) in [4.78, 5) is 0. The van der Waals surface area contributed by atoms with Gasteiger partial charge in [-0.25, -0.2) is 4.39 Å². The average molecular weight is 150 g/mol. The van der Waals surface area contributed by atoms with Crippen LogP contribution in [-0.4, -0.2) is 11.8 Å². The molecular formula is C9H7FO. The minimum absolute atomic E-state index is 0.191. The van der Waals surface area contributed by atoms with Crippen LogP contribution in [0.3, 0.4) is 0 Å². The van der Waals surface area contributed by atoms with Gasteiger partial charge < -0.3 is 5.11 Å². The Morgan fingerprint density at radius 2 is 1.91 bits per heavy atom. The van der Waals surface area contributed by atoms with E-state index in [0.29, 0.717) is 5.56 Å². The van der Waals surface area contributed by atoms with Gasteiger partial charge in [0.25, 0.3) is 0 Å². The van der Waals surface area contributed by atoms with Crippen molar-refractivity contribution in [2.45, 2.75) is 0 Å². The Morgan fingerprint density at radius 1 is 1.27 bits per heavy atom. The van der Waals surface area contributed by atoms with E-state index in [1.54, 1.807) is 12.1 Å². The van der Waals surface area contributed by atoms with Gasteiger partial charge in [-0.2, -0.15) is 0 Å². The monoisotopic (exact) mass is 150 g/mol. The summed E-state index contributed by atoms with van der Waals surface area (Å²) >= 11 is 0. The second kappa shape index (κ2) is 3.62. The smallest absolute Gasteiger partial charge is 0.150 e. The van der Waals surface area contributed by atoms with Crippen molar-refractivity contribution in [3.05, 3.63) is 29.8 Å². The molecule has 11 heavy (non-hydrogen) atoms. The zero-order chi connectivity index (χ0) is 8.10. The molecule has 1 nitrogen and oxygen atoms in total. The highest BCUT2D eigenvalue weighted by atomic mass is 19.1. The number of halogens is 1. The van der Waals surface area contributed by atoms with Gasteiger partial charge in [0.1, 0.15) is 5.75 Å². The van der Waals surface area contributed by atoms with Crippen LogP contribution in [-0.2, 0) is 0 Å². The van der Waals surface area contributed by atoms with Crippen LogP contribution in [0.2, 0.25) is 0 Å². The maximum atomic E-state index is 11.5. The summed E-state index contributed by atoms with van der Waals surface area (Å²) in [7, 11) is 0. The topological polar surface area (TPSA) is 20.2 Å². The van der Waals surface area contributed by atoms with Gasteiger partial charge in [-0.1, -0.05) is 11.8 Å². The van der Waals surface area contributed by atoms with Crippen LogP contribution >= 0.6 is 0 Å². The Bertz CT molecular complexity index is 279. The number of hydrogen-bond acceptors (Lipinski definition) is 1. The molecule has 0 aliphatic heterocycles. The first-order valence-electron chi connectivity index (χ1n) is 3.17. The maximum absolute atomic E-state index is 11.5. The van der Waals surface area contributed by atoms with Gasteiger partial charge in [0.15, 0.2) is 6.67 Å². The lowest BCUT2D eigenvalue weighted by Gasteiger charge is -1.89. The van der Waals surface area contributed by atoms with Crippen molar-refractivity contribution in [2.75, 3.05) is 6.67 Å². The molecule has 0 aliphatic rings. The predicted octanol–water partition coefficient (Wildman–Crippen LogP) is 1.71. The van der Waals surface area contributed by atoms with Gasteiger partial charge in [-0.3, -0.25) is 0 Å². The Morgan fingerprint density at radius 3 is 2.45 bits per heavy atom. The van der Waals surface area contributed by atoms with Crippen molar-refractivity contribution >= 4 is 0 Å². The minimum atomic E-state index is -0.638. The quantitative estimate of drug-likeness (QED) is 0.558. The van der Waals surface area contributed by atoms with Crippen molar-refractivity contribution < 1.29 is 9.50 Å². The fraction of sp³-hybridized carbons (Fsp3) is 0.111. The van der Waals surface area contributed by atoms with Crippen LogP contribution in [0.15, 0.2) is 24.3 Å². The number of phenolic OH excluding ortho intramolecular Hbond substituents is 1. The van der Waals surface area contributed by atoms with E-state index in [-0.39, 0.29) is 5.75 Å². The van der Waals surface area contributed by atoms with Gasteiger partial charge in [-0.15, -0.1) is 0 Å². The Hall–Kier alpha value is -1.49. The molecule has 0 radical (unpaired) electrons. The summed E-state index contributed by atoms with van der Waals surface area (Å²) in [6.45, 7) is -0.638. The van der Waals surface area contributed by atoms with Crippen molar-refractivity contribution in [1.29, 1.82) is 0 Å². The van der Waals surface area contributed by atoms with Crippen LogP contribution in [0.5, 0.6) is 5.75 Å². The number of aromatic hydroxyl groups is 1. The molecule has 0 heterocycles. The van der Waals surface area contributed by atoms with Gasteiger partial charge in [-0.05, 0) is 24.3 Å². The molecule has 0 saturated carbocycles. The number of benzene rings is 1. The second-order valence-corrected chi connectivity index (χ2v) is 1.98. The van der Waals surface area contributed by atoms with E-state index < -0.39 is 6.67 Å². The van der Waals surface area contributed by atoms with Gasteiger partial charge in [0.05, 0.1) is 0 Å². The first kappa shape index (κ1) is 7.62. The molecule has 56 valence electrons. The summed E-state index contributed by atoms with van der Waals surface area (Å²) < 4.78 is 11.5. The lowest BCUT2D eigenvalue weighted by atomic mass is 10.2. The van der Waals surface area contributed by atoms with E-state index in [1.165, 1.54) is 12.1 Å². The Kier molecular flexibility index (Phi) is 2.51. The summed E-state index contributed by atoms with van der Waals surface area (Å²) in [6, 6.07) is 6.31. The molecule has 0 aromatic heterocycles. The van der Waals surface area contributed by atoms with Crippen LogP contribution in [0.4, 0.5) is 4.39 Å². The number of phenols is 1. The van der Waals surface area contributed by atoms with Crippen LogP contribution in [0.1, 0.15) is 5.56 Å². The average Bonchev–Trinajstić information content (AvgIpc) is 2.04. The van der Waals surface area contributed by atoms with Crippen LogP contribution in [0.25, 0.3) is 0 Å². The van der Waals surface area contributed by atoms with Gasteiger partial charge in [0, 0.05) is 5.56 Å². The number of rotatable bonds is 0. The summed E-state index contributed by atoms with van der Waals surface area (Å²) in [6.07, 6.45) is 0. The first-order valence-corrected chi connectivity index (χ1v) is 3.17. The Labute approximate surface area is 64.5 Å². The summed E-state index contributed by atoms with van der Waals surface area (Å²) in [5.74, 6) is 5.06. The van der Waals surface area contributed by atoms with E-state index in [0.717, 1.165) is 0 Å². The molecule has 1 aromatic carbocycles. The fourth-order valence-electron chi connectivity index (χ4n) is 0.680. The molecular weight excluding hydrogens is 143 g/mol. The van der Waals surface area contributed by atoms with E-state index in [1.807, 2.05) is 0 Å². The largest absolute Gasteiger partial charge is 0.508 e. The first-order chi connectivity index (χ1) is 5.33. The van der Waals surface area contributed by atoms with Crippen molar-refractivity contribution in [3.63, 3.8) is 0 Å². The van der Waals surface area contributed by atoms with Crippen LogP contribution in [0, 0.1) is 11.8 Å².